The predicted molar refractivity (Wildman–Crippen MR) is 116 cm³/mol. The third kappa shape index (κ3) is 4.95. The minimum absolute atomic E-state index is 0.113. The molecule has 0 bridgehead atoms. The first kappa shape index (κ1) is 20.4. The number of para-hydroxylation sites is 1. The van der Waals surface area contributed by atoms with Gasteiger partial charge in [0.05, 0.1) is 7.11 Å². The highest BCUT2D eigenvalue weighted by Gasteiger charge is 2.23. The van der Waals surface area contributed by atoms with Crippen LogP contribution in [-0.4, -0.2) is 32.5 Å². The van der Waals surface area contributed by atoms with Crippen LogP contribution in [0.15, 0.2) is 78.9 Å². The highest BCUT2D eigenvalue weighted by atomic mass is 35.5. The van der Waals surface area contributed by atoms with Crippen molar-refractivity contribution in [1.82, 2.24) is 0 Å². The van der Waals surface area contributed by atoms with Gasteiger partial charge in [0.15, 0.2) is 0 Å². The number of amides is 2. The van der Waals surface area contributed by atoms with Gasteiger partial charge in [-0.3, -0.25) is 14.5 Å². The standard InChI is InChI=1S/C23H21ClN2O3/c1-25(20-10-6-7-18(24)15-20)22(27)16-26(19-8-4-3-5-9-19)23(28)17-11-13-21(29-2)14-12-17/h3-15H,16H2,1-2H3. The summed E-state index contributed by atoms with van der Waals surface area (Å²) in [5.41, 5.74) is 1.77. The molecule has 0 spiro atoms. The first-order valence-electron chi connectivity index (χ1n) is 9.02. The fraction of sp³-hybridized carbons (Fsp3) is 0.130. The lowest BCUT2D eigenvalue weighted by molar-refractivity contribution is -0.117. The van der Waals surface area contributed by atoms with Crippen molar-refractivity contribution in [3.63, 3.8) is 0 Å². The molecular weight excluding hydrogens is 388 g/mol. The normalized spacial score (nSPS) is 10.3. The van der Waals surface area contributed by atoms with Crippen LogP contribution in [0.1, 0.15) is 10.4 Å². The molecule has 5 nitrogen and oxygen atoms in total. The summed E-state index contributed by atoms with van der Waals surface area (Å²) in [7, 11) is 3.23. The van der Waals surface area contributed by atoms with Crippen molar-refractivity contribution in [1.29, 1.82) is 0 Å². The number of methoxy groups -OCH3 is 1. The third-order valence-corrected chi connectivity index (χ3v) is 4.75. The highest BCUT2D eigenvalue weighted by Crippen LogP contribution is 2.22. The zero-order chi connectivity index (χ0) is 20.8. The third-order valence-electron chi connectivity index (χ3n) is 4.51. The first-order chi connectivity index (χ1) is 14.0. The maximum atomic E-state index is 13.2. The molecule has 0 fully saturated rings. The van der Waals surface area contributed by atoms with E-state index in [1.54, 1.807) is 74.8 Å². The molecule has 0 saturated carbocycles. The van der Waals surface area contributed by atoms with Crippen LogP contribution in [0.4, 0.5) is 11.4 Å². The van der Waals surface area contributed by atoms with Crippen LogP contribution in [0, 0.1) is 0 Å². The highest BCUT2D eigenvalue weighted by molar-refractivity contribution is 6.31. The Morgan fingerprint density at radius 2 is 1.55 bits per heavy atom. The van der Waals surface area contributed by atoms with E-state index in [1.165, 1.54) is 9.80 Å². The summed E-state index contributed by atoms with van der Waals surface area (Å²) in [6.07, 6.45) is 0. The lowest BCUT2D eigenvalue weighted by Crippen LogP contribution is -2.41. The number of halogens is 1. The number of nitrogens with zero attached hydrogens (tertiary/aromatic N) is 2. The lowest BCUT2D eigenvalue weighted by Gasteiger charge is -2.26. The molecule has 0 aromatic heterocycles. The Labute approximate surface area is 175 Å². The number of likely N-dealkylation sites (N-methyl/N-ethyl adjacent to an activating group) is 1. The predicted octanol–water partition coefficient (Wildman–Crippen LogP) is 4.66. The molecule has 148 valence electrons. The van der Waals surface area contributed by atoms with Crippen LogP contribution in [-0.2, 0) is 4.79 Å². The smallest absolute Gasteiger partial charge is 0.258 e. The van der Waals surface area contributed by atoms with Crippen molar-refractivity contribution in [2.75, 3.05) is 30.5 Å². The number of anilines is 2. The van der Waals surface area contributed by atoms with Crippen LogP contribution in [0.25, 0.3) is 0 Å². The number of hydrogen-bond acceptors (Lipinski definition) is 3. The molecule has 0 saturated heterocycles. The molecule has 0 heterocycles. The van der Waals surface area contributed by atoms with Gasteiger partial charge >= 0.3 is 0 Å². The number of benzene rings is 3. The van der Waals surface area contributed by atoms with Gasteiger partial charge in [0.2, 0.25) is 5.91 Å². The molecule has 29 heavy (non-hydrogen) atoms. The number of carbonyl (C=O) groups is 2. The van der Waals surface area contributed by atoms with Gasteiger partial charge in [-0.1, -0.05) is 35.9 Å². The van der Waals surface area contributed by atoms with Gasteiger partial charge in [-0.25, -0.2) is 0 Å². The summed E-state index contributed by atoms with van der Waals surface area (Å²) in [4.78, 5) is 29.1. The maximum Gasteiger partial charge on any atom is 0.258 e. The second-order valence-corrected chi connectivity index (χ2v) is 6.82. The Kier molecular flexibility index (Phi) is 6.52. The fourth-order valence-electron chi connectivity index (χ4n) is 2.85. The Morgan fingerprint density at radius 1 is 0.897 bits per heavy atom. The summed E-state index contributed by atoms with van der Waals surface area (Å²) in [6, 6.07) is 22.9. The van der Waals surface area contributed by atoms with Gasteiger partial charge in [-0.05, 0) is 54.6 Å². The number of rotatable bonds is 6. The van der Waals surface area contributed by atoms with Gasteiger partial charge in [0.1, 0.15) is 12.3 Å². The number of carbonyl (C=O) groups excluding carboxylic acids is 2. The molecule has 3 rings (SSSR count). The van der Waals surface area contributed by atoms with E-state index in [2.05, 4.69) is 0 Å². The summed E-state index contributed by atoms with van der Waals surface area (Å²) >= 11 is 6.04. The van der Waals surface area contributed by atoms with Gasteiger partial charge in [0.25, 0.3) is 5.91 Å². The molecule has 0 atom stereocenters. The number of hydrogen-bond donors (Lipinski definition) is 0. The Hall–Kier alpha value is -3.31. The van der Waals surface area contributed by atoms with Gasteiger partial charge < -0.3 is 9.64 Å². The zero-order valence-electron chi connectivity index (χ0n) is 16.2. The molecular formula is C23H21ClN2O3. The average Bonchev–Trinajstić information content (AvgIpc) is 2.77. The Balaban J connectivity index is 1.87. The molecule has 3 aromatic carbocycles. The van der Waals surface area contributed by atoms with E-state index in [-0.39, 0.29) is 18.4 Å². The zero-order valence-corrected chi connectivity index (χ0v) is 17.0. The van der Waals surface area contributed by atoms with E-state index in [0.717, 1.165) is 0 Å². The monoisotopic (exact) mass is 408 g/mol. The average molecular weight is 409 g/mol. The van der Waals surface area contributed by atoms with E-state index in [9.17, 15) is 9.59 Å². The van der Waals surface area contributed by atoms with Gasteiger partial charge in [-0.15, -0.1) is 0 Å². The Morgan fingerprint density at radius 3 is 2.17 bits per heavy atom. The van der Waals surface area contributed by atoms with Crippen LogP contribution in [0.2, 0.25) is 5.02 Å². The molecule has 0 aliphatic rings. The van der Waals surface area contributed by atoms with Crippen LogP contribution in [0.3, 0.4) is 0 Å². The van der Waals surface area contributed by atoms with Gasteiger partial charge in [-0.2, -0.15) is 0 Å². The van der Waals surface area contributed by atoms with E-state index < -0.39 is 0 Å². The second kappa shape index (κ2) is 9.26. The molecule has 0 N–H and O–H groups in total. The van der Waals surface area contributed by atoms with E-state index in [0.29, 0.717) is 27.7 Å². The summed E-state index contributed by atoms with van der Waals surface area (Å²) in [5, 5.41) is 0.538. The molecule has 0 radical (unpaired) electrons. The lowest BCUT2D eigenvalue weighted by atomic mass is 10.1. The molecule has 2 amide bonds. The molecule has 0 aliphatic heterocycles. The minimum Gasteiger partial charge on any atom is -0.497 e. The van der Waals surface area contributed by atoms with Crippen molar-refractivity contribution < 1.29 is 14.3 Å². The summed E-state index contributed by atoms with van der Waals surface area (Å²) < 4.78 is 5.15. The van der Waals surface area contributed by atoms with Gasteiger partial charge in [0, 0.05) is 29.0 Å². The van der Waals surface area contributed by atoms with Crippen LogP contribution >= 0.6 is 11.6 Å². The van der Waals surface area contributed by atoms with E-state index in [1.807, 2.05) is 18.2 Å². The summed E-state index contributed by atoms with van der Waals surface area (Å²) in [5.74, 6) is 0.147. The van der Waals surface area contributed by atoms with Crippen molar-refractivity contribution >= 4 is 34.8 Å². The fourth-order valence-corrected chi connectivity index (χ4v) is 3.03. The topological polar surface area (TPSA) is 49.9 Å². The molecule has 6 heteroatoms. The van der Waals surface area contributed by atoms with Crippen molar-refractivity contribution in [2.45, 2.75) is 0 Å². The van der Waals surface area contributed by atoms with E-state index in [4.69, 9.17) is 16.3 Å². The van der Waals surface area contributed by atoms with Crippen molar-refractivity contribution in [2.24, 2.45) is 0 Å². The van der Waals surface area contributed by atoms with Crippen LogP contribution < -0.4 is 14.5 Å². The largest absolute Gasteiger partial charge is 0.497 e. The maximum absolute atomic E-state index is 13.2. The second-order valence-electron chi connectivity index (χ2n) is 6.39. The van der Waals surface area contributed by atoms with E-state index >= 15 is 0 Å². The molecule has 0 aliphatic carbocycles. The van der Waals surface area contributed by atoms with Crippen molar-refractivity contribution in [3.05, 3.63) is 89.4 Å². The molecule has 0 unspecified atom stereocenters. The quantitative estimate of drug-likeness (QED) is 0.596. The number of ether oxygens (including phenoxy) is 1. The van der Waals surface area contributed by atoms with Crippen LogP contribution in [0.5, 0.6) is 5.75 Å². The molecule has 3 aromatic rings. The summed E-state index contributed by atoms with van der Waals surface area (Å²) in [6.45, 7) is -0.113. The Bertz CT molecular complexity index is 991. The minimum atomic E-state index is -0.272. The first-order valence-corrected chi connectivity index (χ1v) is 9.40. The SMILES string of the molecule is COc1ccc(C(=O)N(CC(=O)N(C)c2cccc(Cl)c2)c2ccccc2)cc1. The van der Waals surface area contributed by atoms with Crippen molar-refractivity contribution in [3.8, 4) is 5.75 Å².